The van der Waals surface area contributed by atoms with Crippen molar-refractivity contribution in [1.29, 1.82) is 0 Å². The molecule has 0 bridgehead atoms. The lowest BCUT2D eigenvalue weighted by Crippen LogP contribution is -1.98. The van der Waals surface area contributed by atoms with Crippen LogP contribution in [0.5, 0.6) is 5.75 Å². The Hall–Kier alpha value is -0.770. The molecule has 0 fully saturated rings. The van der Waals surface area contributed by atoms with Gasteiger partial charge in [-0.3, -0.25) is 4.84 Å². The Bertz CT molecular complexity index is 201. The molecule has 0 atom stereocenters. The smallest absolute Gasteiger partial charge is 0.119 e. The fourth-order valence-corrected chi connectivity index (χ4v) is 0.945. The molecule has 0 saturated heterocycles. The number of benzene rings is 1. The van der Waals surface area contributed by atoms with Crippen molar-refractivity contribution in [2.24, 2.45) is 5.90 Å². The van der Waals surface area contributed by atoms with E-state index in [0.717, 1.165) is 11.3 Å². The Balaban J connectivity index is 0.00000144. The number of halogens is 1. The molecule has 0 heterocycles. The Morgan fingerprint density at radius 3 is 2.31 bits per heavy atom. The van der Waals surface area contributed by atoms with Crippen LogP contribution >= 0.6 is 12.4 Å². The number of rotatable bonds is 4. The Labute approximate surface area is 84.2 Å². The Kier molecular flexibility index (Phi) is 6.32. The third-order valence-electron chi connectivity index (χ3n) is 1.48. The number of ether oxygens (including phenoxy) is 1. The van der Waals surface area contributed by atoms with E-state index in [1.54, 1.807) is 0 Å². The van der Waals surface area contributed by atoms with Gasteiger partial charge in [-0.05, 0) is 24.6 Å². The molecule has 0 aliphatic heterocycles. The first-order valence-corrected chi connectivity index (χ1v) is 3.90. The second-order valence-corrected chi connectivity index (χ2v) is 2.39. The highest BCUT2D eigenvalue weighted by molar-refractivity contribution is 5.85. The van der Waals surface area contributed by atoms with Crippen LogP contribution in [-0.4, -0.2) is 6.61 Å². The van der Waals surface area contributed by atoms with Gasteiger partial charge in [-0.1, -0.05) is 12.1 Å². The van der Waals surface area contributed by atoms with Gasteiger partial charge in [0.2, 0.25) is 0 Å². The van der Waals surface area contributed by atoms with Crippen LogP contribution in [0.2, 0.25) is 0 Å². The van der Waals surface area contributed by atoms with Gasteiger partial charge < -0.3 is 4.74 Å². The normalized spacial score (nSPS) is 9.08. The van der Waals surface area contributed by atoms with Gasteiger partial charge in [-0.2, -0.15) is 0 Å². The maximum Gasteiger partial charge on any atom is 0.119 e. The van der Waals surface area contributed by atoms with Crippen LogP contribution in [0.15, 0.2) is 24.3 Å². The number of nitrogens with two attached hydrogens (primary N) is 1. The first-order valence-electron chi connectivity index (χ1n) is 3.90. The average molecular weight is 204 g/mol. The fourth-order valence-electron chi connectivity index (χ4n) is 0.945. The van der Waals surface area contributed by atoms with E-state index in [9.17, 15) is 0 Å². The van der Waals surface area contributed by atoms with Crippen LogP contribution in [0.25, 0.3) is 0 Å². The van der Waals surface area contributed by atoms with E-state index in [-0.39, 0.29) is 12.4 Å². The maximum atomic E-state index is 5.27. The summed E-state index contributed by atoms with van der Waals surface area (Å²) in [6.07, 6.45) is 0. The van der Waals surface area contributed by atoms with Crippen molar-refractivity contribution < 1.29 is 9.57 Å². The summed E-state index contributed by atoms with van der Waals surface area (Å²) in [5.41, 5.74) is 1.04. The van der Waals surface area contributed by atoms with Crippen molar-refractivity contribution in [2.75, 3.05) is 6.61 Å². The van der Waals surface area contributed by atoms with Crippen LogP contribution in [0.1, 0.15) is 12.5 Å². The predicted molar refractivity (Wildman–Crippen MR) is 53.8 cm³/mol. The summed E-state index contributed by atoms with van der Waals surface area (Å²) in [5, 5.41) is 0. The SMILES string of the molecule is CCOc1ccc(CON)cc1.Cl. The molecular weight excluding hydrogens is 190 g/mol. The van der Waals surface area contributed by atoms with E-state index >= 15 is 0 Å². The molecule has 0 amide bonds. The summed E-state index contributed by atoms with van der Waals surface area (Å²) in [5.74, 6) is 5.80. The molecule has 13 heavy (non-hydrogen) atoms. The number of hydrogen-bond acceptors (Lipinski definition) is 3. The molecular formula is C9H14ClNO2. The van der Waals surface area contributed by atoms with Gasteiger partial charge in [-0.15, -0.1) is 12.4 Å². The molecule has 0 saturated carbocycles. The van der Waals surface area contributed by atoms with Crippen molar-refractivity contribution >= 4 is 12.4 Å². The van der Waals surface area contributed by atoms with Crippen LogP contribution in [0.4, 0.5) is 0 Å². The molecule has 0 aliphatic carbocycles. The van der Waals surface area contributed by atoms with Crippen molar-refractivity contribution in [3.63, 3.8) is 0 Å². The lowest BCUT2D eigenvalue weighted by molar-refractivity contribution is 0.124. The van der Waals surface area contributed by atoms with E-state index in [1.807, 2.05) is 31.2 Å². The molecule has 3 nitrogen and oxygen atoms in total. The van der Waals surface area contributed by atoms with E-state index in [1.165, 1.54) is 0 Å². The van der Waals surface area contributed by atoms with E-state index in [2.05, 4.69) is 4.84 Å². The van der Waals surface area contributed by atoms with Gasteiger partial charge in [-0.25, -0.2) is 5.90 Å². The van der Waals surface area contributed by atoms with Crippen LogP contribution in [0, 0.1) is 0 Å². The topological polar surface area (TPSA) is 44.5 Å². The highest BCUT2D eigenvalue weighted by Gasteiger charge is 1.93. The van der Waals surface area contributed by atoms with Crippen LogP contribution < -0.4 is 10.6 Å². The summed E-state index contributed by atoms with van der Waals surface area (Å²) in [4.78, 5) is 4.49. The van der Waals surface area contributed by atoms with Gasteiger partial charge in [0.25, 0.3) is 0 Å². The first-order chi connectivity index (χ1) is 5.86. The molecule has 4 heteroatoms. The lowest BCUT2D eigenvalue weighted by atomic mass is 10.2. The minimum Gasteiger partial charge on any atom is -0.494 e. The van der Waals surface area contributed by atoms with Gasteiger partial charge >= 0.3 is 0 Å². The minimum atomic E-state index is 0. The highest BCUT2D eigenvalue weighted by Crippen LogP contribution is 2.11. The Morgan fingerprint density at radius 2 is 1.85 bits per heavy atom. The molecule has 1 rings (SSSR count). The third kappa shape index (κ3) is 4.12. The van der Waals surface area contributed by atoms with Gasteiger partial charge in [0, 0.05) is 0 Å². The standard InChI is InChI=1S/C9H13NO2.ClH/c1-2-11-9-5-3-8(4-6-9)7-12-10;/h3-6H,2,7,10H2,1H3;1H. The molecule has 1 aromatic carbocycles. The van der Waals surface area contributed by atoms with Gasteiger partial charge in [0.05, 0.1) is 13.2 Å². The summed E-state index contributed by atoms with van der Waals surface area (Å²) in [6, 6.07) is 7.66. The second-order valence-electron chi connectivity index (χ2n) is 2.39. The summed E-state index contributed by atoms with van der Waals surface area (Å²) in [6.45, 7) is 3.08. The fraction of sp³-hybridized carbons (Fsp3) is 0.333. The zero-order valence-corrected chi connectivity index (χ0v) is 8.34. The molecule has 0 spiro atoms. The second kappa shape index (κ2) is 6.71. The van der Waals surface area contributed by atoms with Crippen molar-refractivity contribution in [2.45, 2.75) is 13.5 Å². The van der Waals surface area contributed by atoms with Crippen LogP contribution in [0.3, 0.4) is 0 Å². The quantitative estimate of drug-likeness (QED) is 0.761. The van der Waals surface area contributed by atoms with Crippen molar-refractivity contribution in [1.82, 2.24) is 0 Å². The van der Waals surface area contributed by atoms with E-state index < -0.39 is 0 Å². The maximum absolute atomic E-state index is 5.27. The molecule has 0 radical (unpaired) electrons. The molecule has 0 aliphatic rings. The molecule has 0 aromatic heterocycles. The monoisotopic (exact) mass is 203 g/mol. The minimum absolute atomic E-state index is 0. The Morgan fingerprint density at radius 1 is 1.23 bits per heavy atom. The first kappa shape index (κ1) is 12.2. The van der Waals surface area contributed by atoms with E-state index in [0.29, 0.717) is 13.2 Å². The average Bonchev–Trinajstić information content (AvgIpc) is 2.09. The van der Waals surface area contributed by atoms with Crippen molar-refractivity contribution in [3.8, 4) is 5.75 Å². The third-order valence-corrected chi connectivity index (χ3v) is 1.48. The van der Waals surface area contributed by atoms with Gasteiger partial charge in [0.15, 0.2) is 0 Å². The zero-order chi connectivity index (χ0) is 8.81. The van der Waals surface area contributed by atoms with Crippen molar-refractivity contribution in [3.05, 3.63) is 29.8 Å². The highest BCUT2D eigenvalue weighted by atomic mass is 35.5. The molecule has 1 aromatic rings. The zero-order valence-electron chi connectivity index (χ0n) is 7.53. The number of hydrogen-bond donors (Lipinski definition) is 1. The summed E-state index contributed by atoms with van der Waals surface area (Å²) < 4.78 is 5.27. The van der Waals surface area contributed by atoms with Crippen LogP contribution in [-0.2, 0) is 11.4 Å². The summed E-state index contributed by atoms with van der Waals surface area (Å²) in [7, 11) is 0. The largest absolute Gasteiger partial charge is 0.494 e. The molecule has 0 unspecified atom stereocenters. The predicted octanol–water partition coefficient (Wildman–Crippen LogP) is 1.90. The summed E-state index contributed by atoms with van der Waals surface area (Å²) >= 11 is 0. The molecule has 74 valence electrons. The van der Waals surface area contributed by atoms with E-state index in [4.69, 9.17) is 10.6 Å². The lowest BCUT2D eigenvalue weighted by Gasteiger charge is -2.03. The van der Waals surface area contributed by atoms with Gasteiger partial charge in [0.1, 0.15) is 5.75 Å². The molecule has 2 N–H and O–H groups in total.